The van der Waals surface area contributed by atoms with Crippen LogP contribution in [-0.4, -0.2) is 58.8 Å². The summed E-state index contributed by atoms with van der Waals surface area (Å²) in [7, 11) is 7.58. The number of methoxy groups -OCH3 is 1. The molecule has 0 radical (unpaired) electrons. The summed E-state index contributed by atoms with van der Waals surface area (Å²) < 4.78 is 10.9. The smallest absolute Gasteiger partial charge is 0.191 e. The van der Waals surface area contributed by atoms with E-state index in [1.807, 2.05) is 30.3 Å². The molecule has 0 heterocycles. The summed E-state index contributed by atoms with van der Waals surface area (Å²) in [6.07, 6.45) is 0. The molecule has 2 aromatic carbocycles. The maximum atomic E-state index is 5.72. The molecular formula is C21H31IN4O2. The van der Waals surface area contributed by atoms with Crippen molar-refractivity contribution in [2.24, 2.45) is 4.99 Å². The topological polar surface area (TPSA) is 58.1 Å². The number of halogens is 1. The second-order valence-corrected chi connectivity index (χ2v) is 6.29. The van der Waals surface area contributed by atoms with Gasteiger partial charge in [-0.1, -0.05) is 30.3 Å². The third-order valence-corrected chi connectivity index (χ3v) is 4.22. The Kier molecular flexibility index (Phi) is 11.4. The molecule has 0 aromatic heterocycles. The van der Waals surface area contributed by atoms with Crippen LogP contribution in [0.1, 0.15) is 11.6 Å². The van der Waals surface area contributed by atoms with Crippen molar-refractivity contribution in [3.63, 3.8) is 0 Å². The van der Waals surface area contributed by atoms with Crippen LogP contribution in [0, 0.1) is 0 Å². The number of nitrogens with one attached hydrogen (secondary N) is 2. The second kappa shape index (κ2) is 13.2. The fourth-order valence-corrected chi connectivity index (χ4v) is 2.70. The molecule has 0 bridgehead atoms. The molecule has 0 spiro atoms. The van der Waals surface area contributed by atoms with E-state index in [0.29, 0.717) is 13.2 Å². The minimum Gasteiger partial charge on any atom is -0.497 e. The zero-order valence-electron chi connectivity index (χ0n) is 17.0. The Morgan fingerprint density at radius 3 is 2.21 bits per heavy atom. The second-order valence-electron chi connectivity index (χ2n) is 6.29. The van der Waals surface area contributed by atoms with Crippen LogP contribution < -0.4 is 20.1 Å². The third kappa shape index (κ3) is 7.93. The Hall–Kier alpha value is -2.00. The maximum absolute atomic E-state index is 5.72. The van der Waals surface area contributed by atoms with E-state index < -0.39 is 0 Å². The van der Waals surface area contributed by atoms with Crippen LogP contribution in [0.5, 0.6) is 11.5 Å². The zero-order chi connectivity index (χ0) is 19.5. The quantitative estimate of drug-likeness (QED) is 0.241. The molecule has 0 aliphatic carbocycles. The number of benzene rings is 2. The Bertz CT molecular complexity index is 693. The number of likely N-dealkylation sites (N-methyl/N-ethyl adjacent to an activating group) is 1. The molecule has 2 aromatic rings. The molecule has 0 aliphatic heterocycles. The lowest BCUT2D eigenvalue weighted by atomic mass is 10.1. The lowest BCUT2D eigenvalue weighted by Gasteiger charge is -2.26. The van der Waals surface area contributed by atoms with E-state index in [1.165, 1.54) is 5.56 Å². The Morgan fingerprint density at radius 2 is 1.64 bits per heavy atom. The first-order valence-electron chi connectivity index (χ1n) is 9.06. The molecule has 0 saturated carbocycles. The van der Waals surface area contributed by atoms with Gasteiger partial charge in [-0.25, -0.2) is 0 Å². The van der Waals surface area contributed by atoms with Crippen molar-refractivity contribution >= 4 is 29.9 Å². The summed E-state index contributed by atoms with van der Waals surface area (Å²) in [5, 5.41) is 6.67. The van der Waals surface area contributed by atoms with Gasteiger partial charge in [0.05, 0.1) is 19.7 Å². The van der Waals surface area contributed by atoms with Crippen molar-refractivity contribution in [2.45, 2.75) is 6.04 Å². The fraction of sp³-hybridized carbons (Fsp3) is 0.381. The highest BCUT2D eigenvalue weighted by Crippen LogP contribution is 2.17. The molecule has 154 valence electrons. The highest BCUT2D eigenvalue weighted by atomic mass is 127. The summed E-state index contributed by atoms with van der Waals surface area (Å²) in [6, 6.07) is 18.3. The standard InChI is InChI=1S/C21H30N4O2.HI/c1-22-21(23-14-15-27-19-12-10-18(26-4)11-13-19)24-16-20(25(2)3)17-8-6-5-7-9-17;/h5-13,20H,14-16H2,1-4H3,(H2,22,23,24);1H. The van der Waals surface area contributed by atoms with Crippen LogP contribution in [-0.2, 0) is 0 Å². The van der Waals surface area contributed by atoms with Crippen molar-refractivity contribution < 1.29 is 9.47 Å². The van der Waals surface area contributed by atoms with Gasteiger partial charge in [0.15, 0.2) is 5.96 Å². The molecule has 2 rings (SSSR count). The highest BCUT2D eigenvalue weighted by Gasteiger charge is 2.14. The predicted octanol–water partition coefficient (Wildman–Crippen LogP) is 3.16. The normalized spacial score (nSPS) is 12.1. The van der Waals surface area contributed by atoms with Gasteiger partial charge < -0.3 is 25.0 Å². The van der Waals surface area contributed by atoms with E-state index in [9.17, 15) is 0 Å². The van der Waals surface area contributed by atoms with Crippen LogP contribution in [0.15, 0.2) is 59.6 Å². The van der Waals surface area contributed by atoms with Crippen LogP contribution in [0.2, 0.25) is 0 Å². The highest BCUT2D eigenvalue weighted by molar-refractivity contribution is 14.0. The molecule has 7 heteroatoms. The number of hydrogen-bond donors (Lipinski definition) is 2. The predicted molar refractivity (Wildman–Crippen MR) is 126 cm³/mol. The van der Waals surface area contributed by atoms with Crippen molar-refractivity contribution in [1.29, 1.82) is 0 Å². The summed E-state index contributed by atoms with van der Waals surface area (Å²) in [5.41, 5.74) is 1.27. The number of rotatable bonds is 9. The molecular weight excluding hydrogens is 467 g/mol. The summed E-state index contributed by atoms with van der Waals surface area (Å²) in [4.78, 5) is 6.48. The Morgan fingerprint density at radius 1 is 1.00 bits per heavy atom. The van der Waals surface area contributed by atoms with Crippen LogP contribution in [0.25, 0.3) is 0 Å². The first-order chi connectivity index (χ1) is 13.1. The van der Waals surface area contributed by atoms with Gasteiger partial charge in [-0.2, -0.15) is 0 Å². The SMILES string of the molecule is CN=C(NCCOc1ccc(OC)cc1)NCC(c1ccccc1)N(C)C.I. The van der Waals surface area contributed by atoms with E-state index >= 15 is 0 Å². The van der Waals surface area contributed by atoms with E-state index in [1.54, 1.807) is 14.2 Å². The van der Waals surface area contributed by atoms with E-state index in [-0.39, 0.29) is 30.0 Å². The summed E-state index contributed by atoms with van der Waals surface area (Å²) in [6.45, 7) is 1.96. The van der Waals surface area contributed by atoms with Crippen LogP contribution >= 0.6 is 24.0 Å². The fourth-order valence-electron chi connectivity index (χ4n) is 2.70. The Labute approximate surface area is 185 Å². The summed E-state index contributed by atoms with van der Waals surface area (Å²) in [5.74, 6) is 2.40. The zero-order valence-corrected chi connectivity index (χ0v) is 19.3. The number of nitrogens with zero attached hydrogens (tertiary/aromatic N) is 2. The molecule has 0 amide bonds. The van der Waals surface area contributed by atoms with Gasteiger partial charge in [-0.3, -0.25) is 4.99 Å². The average Bonchev–Trinajstić information content (AvgIpc) is 2.70. The number of guanidine groups is 1. The van der Waals surface area contributed by atoms with Gasteiger partial charge in [0.25, 0.3) is 0 Å². The lowest BCUT2D eigenvalue weighted by Crippen LogP contribution is -2.43. The van der Waals surface area contributed by atoms with Crippen molar-refractivity contribution in [1.82, 2.24) is 15.5 Å². The van der Waals surface area contributed by atoms with Gasteiger partial charge in [0.2, 0.25) is 0 Å². The number of hydrogen-bond acceptors (Lipinski definition) is 4. The van der Waals surface area contributed by atoms with Gasteiger partial charge in [0, 0.05) is 13.6 Å². The minimum absolute atomic E-state index is 0. The van der Waals surface area contributed by atoms with E-state index in [4.69, 9.17) is 9.47 Å². The molecule has 0 aliphatic rings. The van der Waals surface area contributed by atoms with E-state index in [0.717, 1.165) is 24.0 Å². The Balaban J connectivity index is 0.00000392. The van der Waals surface area contributed by atoms with Gasteiger partial charge in [-0.05, 0) is 43.9 Å². The van der Waals surface area contributed by atoms with Crippen molar-refractivity contribution in [3.05, 3.63) is 60.2 Å². The monoisotopic (exact) mass is 498 g/mol. The van der Waals surface area contributed by atoms with Crippen molar-refractivity contribution in [2.75, 3.05) is 47.9 Å². The third-order valence-electron chi connectivity index (χ3n) is 4.22. The van der Waals surface area contributed by atoms with Crippen molar-refractivity contribution in [3.8, 4) is 11.5 Å². The van der Waals surface area contributed by atoms with Gasteiger partial charge in [0.1, 0.15) is 18.1 Å². The first-order valence-corrected chi connectivity index (χ1v) is 9.06. The first kappa shape index (κ1) is 24.0. The minimum atomic E-state index is 0. The molecule has 6 nitrogen and oxygen atoms in total. The lowest BCUT2D eigenvalue weighted by molar-refractivity contribution is 0.297. The maximum Gasteiger partial charge on any atom is 0.191 e. The molecule has 2 N–H and O–H groups in total. The van der Waals surface area contributed by atoms with Gasteiger partial charge in [-0.15, -0.1) is 24.0 Å². The van der Waals surface area contributed by atoms with Crippen LogP contribution in [0.4, 0.5) is 0 Å². The molecule has 0 saturated heterocycles. The molecule has 28 heavy (non-hydrogen) atoms. The van der Waals surface area contributed by atoms with Gasteiger partial charge >= 0.3 is 0 Å². The number of ether oxygens (including phenoxy) is 2. The largest absolute Gasteiger partial charge is 0.497 e. The summed E-state index contributed by atoms with van der Waals surface area (Å²) >= 11 is 0. The average molecular weight is 498 g/mol. The molecule has 1 atom stereocenters. The molecule has 0 fully saturated rings. The number of aliphatic imine (C=N–C) groups is 1. The van der Waals surface area contributed by atoms with Crippen LogP contribution in [0.3, 0.4) is 0 Å². The van der Waals surface area contributed by atoms with E-state index in [2.05, 4.69) is 58.9 Å². The molecule has 1 unspecified atom stereocenters.